The van der Waals surface area contributed by atoms with Crippen molar-refractivity contribution in [2.45, 2.75) is 6.18 Å². The summed E-state index contributed by atoms with van der Waals surface area (Å²) in [5.41, 5.74) is -0.617. The number of hydrogen-bond donors (Lipinski definition) is 3. The monoisotopic (exact) mass is 325 g/mol. The van der Waals surface area contributed by atoms with E-state index in [0.717, 1.165) is 0 Å². The van der Waals surface area contributed by atoms with E-state index in [1.54, 1.807) is 12.1 Å². The van der Waals surface area contributed by atoms with Crippen molar-refractivity contribution in [2.24, 2.45) is 0 Å². The molecule has 0 fully saturated rings. The number of amides is 1. The molecule has 122 valence electrons. The topological polar surface area (TPSA) is 78.9 Å². The Morgan fingerprint density at radius 3 is 2.48 bits per heavy atom. The van der Waals surface area contributed by atoms with E-state index in [1.165, 1.54) is 26.2 Å². The largest absolute Gasteiger partial charge is 0.421 e. The van der Waals surface area contributed by atoms with Gasteiger partial charge in [0, 0.05) is 20.3 Å². The second-order valence-corrected chi connectivity index (χ2v) is 4.45. The number of para-hydroxylation sites is 1. The van der Waals surface area contributed by atoms with E-state index in [1.807, 2.05) is 0 Å². The SMILES string of the molecule is CNC(=O)c1ccccc1Nc1nc(NC)ncc1C(F)(F)F. The Morgan fingerprint density at radius 1 is 1.17 bits per heavy atom. The Kier molecular flexibility index (Phi) is 4.68. The number of carbonyl (C=O) groups excluding carboxylic acids is 1. The summed E-state index contributed by atoms with van der Waals surface area (Å²) < 4.78 is 39.3. The van der Waals surface area contributed by atoms with Crippen molar-refractivity contribution in [3.63, 3.8) is 0 Å². The predicted octanol–water partition coefficient (Wildman–Crippen LogP) is 2.64. The van der Waals surface area contributed by atoms with Crippen molar-refractivity contribution >= 4 is 23.4 Å². The molecule has 6 nitrogen and oxygen atoms in total. The Labute approximate surface area is 130 Å². The summed E-state index contributed by atoms with van der Waals surface area (Å²) in [5.74, 6) is -0.837. The lowest BCUT2D eigenvalue weighted by atomic mass is 10.1. The van der Waals surface area contributed by atoms with Gasteiger partial charge in [-0.25, -0.2) is 4.98 Å². The molecule has 3 N–H and O–H groups in total. The first-order valence-electron chi connectivity index (χ1n) is 6.57. The summed E-state index contributed by atoms with van der Waals surface area (Å²) >= 11 is 0. The molecule has 0 bridgehead atoms. The van der Waals surface area contributed by atoms with Gasteiger partial charge in [0.2, 0.25) is 5.95 Å². The molecule has 2 rings (SSSR count). The maximum absolute atomic E-state index is 13.1. The standard InChI is InChI=1S/C14H14F3N5O/c1-18-12(23)8-5-3-4-6-10(8)21-11-9(14(15,16)17)7-20-13(19-2)22-11/h3-7H,1-2H3,(H,18,23)(H2,19,20,21,22). The van der Waals surface area contributed by atoms with Gasteiger partial charge in [-0.3, -0.25) is 4.79 Å². The van der Waals surface area contributed by atoms with Crippen LogP contribution >= 0.6 is 0 Å². The molecule has 0 atom stereocenters. The number of hydrogen-bond acceptors (Lipinski definition) is 5. The number of nitrogens with zero attached hydrogens (tertiary/aromatic N) is 2. The number of aromatic nitrogens is 2. The number of rotatable bonds is 4. The van der Waals surface area contributed by atoms with Crippen molar-refractivity contribution in [3.05, 3.63) is 41.6 Å². The zero-order valence-corrected chi connectivity index (χ0v) is 12.3. The molecular weight excluding hydrogens is 311 g/mol. The fraction of sp³-hybridized carbons (Fsp3) is 0.214. The average Bonchev–Trinajstić information content (AvgIpc) is 2.53. The van der Waals surface area contributed by atoms with Gasteiger partial charge in [0.05, 0.1) is 11.3 Å². The van der Waals surface area contributed by atoms with Gasteiger partial charge in [0.1, 0.15) is 11.4 Å². The maximum Gasteiger partial charge on any atom is 0.421 e. The van der Waals surface area contributed by atoms with Crippen molar-refractivity contribution < 1.29 is 18.0 Å². The highest BCUT2D eigenvalue weighted by atomic mass is 19.4. The zero-order chi connectivity index (χ0) is 17.0. The minimum absolute atomic E-state index is 0.0259. The van der Waals surface area contributed by atoms with Crippen molar-refractivity contribution in [1.29, 1.82) is 0 Å². The first-order valence-corrected chi connectivity index (χ1v) is 6.57. The summed E-state index contributed by atoms with van der Waals surface area (Å²) in [6, 6.07) is 6.20. The smallest absolute Gasteiger partial charge is 0.357 e. The first-order chi connectivity index (χ1) is 10.9. The number of halogens is 3. The van der Waals surface area contributed by atoms with E-state index in [2.05, 4.69) is 25.9 Å². The third-order valence-corrected chi connectivity index (χ3v) is 2.97. The summed E-state index contributed by atoms with van der Waals surface area (Å²) in [5, 5.41) is 7.57. The molecule has 0 aliphatic rings. The van der Waals surface area contributed by atoms with Gasteiger partial charge in [-0.1, -0.05) is 12.1 Å². The number of carbonyl (C=O) groups is 1. The van der Waals surface area contributed by atoms with Crippen molar-refractivity contribution in [3.8, 4) is 0 Å². The second-order valence-electron chi connectivity index (χ2n) is 4.45. The molecule has 9 heteroatoms. The Hall–Kier alpha value is -2.84. The Morgan fingerprint density at radius 2 is 1.87 bits per heavy atom. The third-order valence-electron chi connectivity index (χ3n) is 2.97. The maximum atomic E-state index is 13.1. The fourth-order valence-corrected chi connectivity index (χ4v) is 1.86. The number of benzene rings is 1. The van der Waals surface area contributed by atoms with E-state index in [9.17, 15) is 18.0 Å². The van der Waals surface area contributed by atoms with Crippen LogP contribution in [0.1, 0.15) is 15.9 Å². The Bertz CT molecular complexity index is 718. The normalized spacial score (nSPS) is 11.0. The molecule has 1 amide bonds. The number of nitrogens with one attached hydrogen (secondary N) is 3. The number of alkyl halides is 3. The lowest BCUT2D eigenvalue weighted by Gasteiger charge is -2.15. The van der Waals surface area contributed by atoms with Crippen LogP contribution in [0.25, 0.3) is 0 Å². The second kappa shape index (κ2) is 6.51. The Balaban J connectivity index is 2.50. The molecule has 0 radical (unpaired) electrons. The van der Waals surface area contributed by atoms with Crippen LogP contribution in [-0.2, 0) is 6.18 Å². The molecule has 0 saturated carbocycles. The minimum Gasteiger partial charge on any atom is -0.357 e. The van der Waals surface area contributed by atoms with E-state index >= 15 is 0 Å². The predicted molar refractivity (Wildman–Crippen MR) is 79.7 cm³/mol. The van der Waals surface area contributed by atoms with Crippen LogP contribution in [0.2, 0.25) is 0 Å². The molecule has 2 aromatic rings. The van der Waals surface area contributed by atoms with Gasteiger partial charge in [-0.05, 0) is 12.1 Å². The molecule has 0 aliphatic carbocycles. The highest BCUT2D eigenvalue weighted by molar-refractivity contribution is 6.00. The molecule has 0 aliphatic heterocycles. The quantitative estimate of drug-likeness (QED) is 0.805. The molecular formula is C14H14F3N5O. The van der Waals surface area contributed by atoms with Gasteiger partial charge in [-0.15, -0.1) is 0 Å². The highest BCUT2D eigenvalue weighted by Gasteiger charge is 2.35. The lowest BCUT2D eigenvalue weighted by molar-refractivity contribution is -0.137. The van der Waals surface area contributed by atoms with Crippen LogP contribution in [0, 0.1) is 0 Å². The third kappa shape index (κ3) is 3.68. The van der Waals surface area contributed by atoms with Crippen LogP contribution < -0.4 is 16.0 Å². The molecule has 1 heterocycles. The summed E-state index contributed by atoms with van der Waals surface area (Å²) in [4.78, 5) is 19.2. The lowest BCUT2D eigenvalue weighted by Crippen LogP contribution is -2.20. The molecule has 0 saturated heterocycles. The van der Waals surface area contributed by atoms with E-state index in [4.69, 9.17) is 0 Å². The number of anilines is 3. The average molecular weight is 325 g/mol. The van der Waals surface area contributed by atoms with Crippen molar-refractivity contribution in [2.75, 3.05) is 24.7 Å². The van der Waals surface area contributed by atoms with E-state index in [-0.39, 0.29) is 17.2 Å². The van der Waals surface area contributed by atoms with Crippen LogP contribution in [0.15, 0.2) is 30.5 Å². The molecule has 23 heavy (non-hydrogen) atoms. The summed E-state index contributed by atoms with van der Waals surface area (Å²) in [7, 11) is 2.93. The van der Waals surface area contributed by atoms with E-state index < -0.39 is 23.5 Å². The highest BCUT2D eigenvalue weighted by Crippen LogP contribution is 2.35. The fourth-order valence-electron chi connectivity index (χ4n) is 1.86. The van der Waals surface area contributed by atoms with Crippen LogP contribution in [0.5, 0.6) is 0 Å². The zero-order valence-electron chi connectivity index (χ0n) is 12.3. The van der Waals surface area contributed by atoms with E-state index in [0.29, 0.717) is 6.20 Å². The molecule has 1 aromatic carbocycles. The molecule has 1 aromatic heterocycles. The molecule has 0 spiro atoms. The molecule has 0 unspecified atom stereocenters. The summed E-state index contributed by atoms with van der Waals surface area (Å²) in [6.45, 7) is 0. The minimum atomic E-state index is -4.63. The first kappa shape index (κ1) is 16.5. The van der Waals surface area contributed by atoms with Crippen LogP contribution in [0.3, 0.4) is 0 Å². The van der Waals surface area contributed by atoms with Gasteiger partial charge < -0.3 is 16.0 Å². The van der Waals surface area contributed by atoms with Crippen LogP contribution in [0.4, 0.5) is 30.6 Å². The van der Waals surface area contributed by atoms with Crippen LogP contribution in [-0.4, -0.2) is 30.0 Å². The van der Waals surface area contributed by atoms with Gasteiger partial charge in [0.25, 0.3) is 5.91 Å². The van der Waals surface area contributed by atoms with Gasteiger partial charge in [-0.2, -0.15) is 18.2 Å². The van der Waals surface area contributed by atoms with Gasteiger partial charge in [0.15, 0.2) is 0 Å². The van der Waals surface area contributed by atoms with Gasteiger partial charge >= 0.3 is 6.18 Å². The summed E-state index contributed by atoms with van der Waals surface area (Å²) in [6.07, 6.45) is -3.94. The van der Waals surface area contributed by atoms with Crippen molar-refractivity contribution in [1.82, 2.24) is 15.3 Å².